The Morgan fingerprint density at radius 1 is 1.38 bits per heavy atom. The van der Waals surface area contributed by atoms with E-state index in [4.69, 9.17) is 4.74 Å². The normalized spacial score (nSPS) is 17.1. The van der Waals surface area contributed by atoms with E-state index >= 15 is 0 Å². The highest BCUT2D eigenvalue weighted by molar-refractivity contribution is 5.85. The van der Waals surface area contributed by atoms with Crippen molar-refractivity contribution in [1.29, 1.82) is 0 Å². The highest BCUT2D eigenvalue weighted by Crippen LogP contribution is 2.21. The number of carbonyl (C=O) groups excluding carboxylic acids is 1. The second-order valence-corrected chi connectivity index (χ2v) is 5.42. The number of rotatable bonds is 6. The first-order valence-electron chi connectivity index (χ1n) is 7.36. The van der Waals surface area contributed by atoms with Crippen molar-refractivity contribution in [3.8, 4) is 5.75 Å². The van der Waals surface area contributed by atoms with Gasteiger partial charge in [0.2, 0.25) is 5.91 Å². The minimum Gasteiger partial charge on any atom is -0.491 e. The smallest absolute Gasteiger partial charge is 0.221 e. The molecule has 0 saturated carbocycles. The van der Waals surface area contributed by atoms with Crippen LogP contribution in [0.5, 0.6) is 5.75 Å². The van der Waals surface area contributed by atoms with Gasteiger partial charge in [-0.15, -0.1) is 12.4 Å². The van der Waals surface area contributed by atoms with Crippen LogP contribution in [0, 0.1) is 13.8 Å². The third-order valence-corrected chi connectivity index (χ3v) is 3.67. The molecule has 1 aromatic carbocycles. The zero-order chi connectivity index (χ0) is 14.4. The summed E-state index contributed by atoms with van der Waals surface area (Å²) in [6, 6.07) is 6.45. The molecule has 1 aromatic rings. The Balaban J connectivity index is 0.00000220. The Morgan fingerprint density at radius 3 is 2.71 bits per heavy atom. The van der Waals surface area contributed by atoms with Gasteiger partial charge >= 0.3 is 0 Å². The van der Waals surface area contributed by atoms with Gasteiger partial charge in [-0.3, -0.25) is 4.79 Å². The van der Waals surface area contributed by atoms with Crippen molar-refractivity contribution < 1.29 is 9.53 Å². The molecule has 0 radical (unpaired) electrons. The summed E-state index contributed by atoms with van der Waals surface area (Å²) in [5.41, 5.74) is 2.26. The highest BCUT2D eigenvalue weighted by atomic mass is 35.5. The zero-order valence-corrected chi connectivity index (χ0v) is 13.6. The zero-order valence-electron chi connectivity index (χ0n) is 12.8. The van der Waals surface area contributed by atoms with Crippen molar-refractivity contribution in [2.24, 2.45) is 0 Å². The molecule has 2 N–H and O–H groups in total. The number of benzene rings is 1. The summed E-state index contributed by atoms with van der Waals surface area (Å²) >= 11 is 0. The minimum atomic E-state index is 0. The average molecular weight is 313 g/mol. The van der Waals surface area contributed by atoms with Crippen LogP contribution in [0.15, 0.2) is 18.2 Å². The maximum atomic E-state index is 11.7. The summed E-state index contributed by atoms with van der Waals surface area (Å²) in [6.45, 7) is 6.17. The van der Waals surface area contributed by atoms with Gasteiger partial charge < -0.3 is 15.4 Å². The van der Waals surface area contributed by atoms with Crippen LogP contribution >= 0.6 is 12.4 Å². The number of nitrogens with one attached hydrogen (secondary N) is 2. The quantitative estimate of drug-likeness (QED) is 0.793. The monoisotopic (exact) mass is 312 g/mol. The third-order valence-electron chi connectivity index (χ3n) is 3.67. The predicted molar refractivity (Wildman–Crippen MR) is 87.3 cm³/mol. The first kappa shape index (κ1) is 17.8. The van der Waals surface area contributed by atoms with Crippen LogP contribution in [0.1, 0.15) is 30.4 Å². The lowest BCUT2D eigenvalue weighted by Crippen LogP contribution is -2.34. The SMILES string of the molecule is Cc1cccc(C)c1OCCNC(=O)CC1CCCN1.Cl. The molecular weight excluding hydrogens is 288 g/mol. The molecule has 1 fully saturated rings. The largest absolute Gasteiger partial charge is 0.491 e. The van der Waals surface area contributed by atoms with Gasteiger partial charge in [0.05, 0.1) is 6.54 Å². The molecule has 0 aromatic heterocycles. The molecule has 1 unspecified atom stereocenters. The molecule has 21 heavy (non-hydrogen) atoms. The van der Waals surface area contributed by atoms with Gasteiger partial charge in [-0.1, -0.05) is 18.2 Å². The van der Waals surface area contributed by atoms with E-state index < -0.39 is 0 Å². The van der Waals surface area contributed by atoms with Crippen LogP contribution in [0.2, 0.25) is 0 Å². The van der Waals surface area contributed by atoms with Crippen molar-refractivity contribution in [3.63, 3.8) is 0 Å². The van der Waals surface area contributed by atoms with Gasteiger partial charge in [-0.25, -0.2) is 0 Å². The van der Waals surface area contributed by atoms with Crippen LogP contribution in [0.3, 0.4) is 0 Å². The maximum Gasteiger partial charge on any atom is 0.221 e. The second kappa shape index (κ2) is 8.90. The fourth-order valence-corrected chi connectivity index (χ4v) is 2.60. The summed E-state index contributed by atoms with van der Waals surface area (Å²) in [5.74, 6) is 1.04. The van der Waals surface area contributed by atoms with Gasteiger partial charge in [0, 0.05) is 12.5 Å². The number of carbonyl (C=O) groups is 1. The van der Waals surface area contributed by atoms with Gasteiger partial charge in [-0.2, -0.15) is 0 Å². The predicted octanol–water partition coefficient (Wildman–Crippen LogP) is 2.36. The molecule has 0 spiro atoms. The molecule has 5 heteroatoms. The molecular formula is C16H25ClN2O2. The van der Waals surface area contributed by atoms with E-state index in [1.807, 2.05) is 32.0 Å². The Kier molecular flexibility index (Phi) is 7.54. The lowest BCUT2D eigenvalue weighted by atomic mass is 10.1. The molecule has 0 bridgehead atoms. The van der Waals surface area contributed by atoms with Crippen molar-refractivity contribution in [3.05, 3.63) is 29.3 Å². The van der Waals surface area contributed by atoms with Crippen molar-refractivity contribution in [2.45, 2.75) is 39.2 Å². The minimum absolute atomic E-state index is 0. The Labute approximate surface area is 133 Å². The van der Waals surface area contributed by atoms with Crippen LogP contribution in [-0.4, -0.2) is 31.6 Å². The van der Waals surface area contributed by atoms with E-state index in [2.05, 4.69) is 10.6 Å². The number of ether oxygens (including phenoxy) is 1. The first-order valence-corrected chi connectivity index (χ1v) is 7.36. The third kappa shape index (κ3) is 5.56. The average Bonchev–Trinajstić information content (AvgIpc) is 2.90. The summed E-state index contributed by atoms with van der Waals surface area (Å²) < 4.78 is 5.76. The molecule has 0 aliphatic carbocycles. The van der Waals surface area contributed by atoms with E-state index in [9.17, 15) is 4.79 Å². The molecule has 1 amide bonds. The van der Waals surface area contributed by atoms with Crippen LogP contribution in [0.4, 0.5) is 0 Å². The molecule has 118 valence electrons. The highest BCUT2D eigenvalue weighted by Gasteiger charge is 2.17. The molecule has 1 saturated heterocycles. The topological polar surface area (TPSA) is 50.4 Å². The standard InChI is InChI=1S/C16H24N2O2.ClH/c1-12-5-3-6-13(2)16(12)20-10-9-18-15(19)11-14-7-4-8-17-14;/h3,5-6,14,17H,4,7-11H2,1-2H3,(H,18,19);1H. The van der Waals surface area contributed by atoms with E-state index in [1.165, 1.54) is 6.42 Å². The lowest BCUT2D eigenvalue weighted by molar-refractivity contribution is -0.121. The van der Waals surface area contributed by atoms with Crippen LogP contribution in [-0.2, 0) is 4.79 Å². The molecule has 1 aliphatic heterocycles. The molecule has 4 nitrogen and oxygen atoms in total. The maximum absolute atomic E-state index is 11.7. The van der Waals surface area contributed by atoms with E-state index in [0.29, 0.717) is 25.6 Å². The Morgan fingerprint density at radius 2 is 2.10 bits per heavy atom. The van der Waals surface area contributed by atoms with Crippen LogP contribution < -0.4 is 15.4 Å². The van der Waals surface area contributed by atoms with Crippen molar-refractivity contribution >= 4 is 18.3 Å². The van der Waals surface area contributed by atoms with E-state index in [-0.39, 0.29) is 18.3 Å². The van der Waals surface area contributed by atoms with Gasteiger partial charge in [0.1, 0.15) is 12.4 Å². The van der Waals surface area contributed by atoms with Gasteiger partial charge in [0.15, 0.2) is 0 Å². The van der Waals surface area contributed by atoms with Crippen molar-refractivity contribution in [2.75, 3.05) is 19.7 Å². The number of hydrogen-bond acceptors (Lipinski definition) is 3. The van der Waals surface area contributed by atoms with Gasteiger partial charge in [0.25, 0.3) is 0 Å². The summed E-state index contributed by atoms with van der Waals surface area (Å²) in [6.07, 6.45) is 2.85. The molecule has 2 rings (SSSR count). The molecule has 1 aliphatic rings. The fraction of sp³-hybridized carbons (Fsp3) is 0.562. The summed E-state index contributed by atoms with van der Waals surface area (Å²) in [4.78, 5) is 11.7. The van der Waals surface area contributed by atoms with E-state index in [0.717, 1.165) is 29.8 Å². The number of halogens is 1. The fourth-order valence-electron chi connectivity index (χ4n) is 2.60. The number of amides is 1. The van der Waals surface area contributed by atoms with E-state index in [1.54, 1.807) is 0 Å². The second-order valence-electron chi connectivity index (χ2n) is 5.42. The van der Waals surface area contributed by atoms with Crippen LogP contribution in [0.25, 0.3) is 0 Å². The van der Waals surface area contributed by atoms with Gasteiger partial charge in [-0.05, 0) is 44.4 Å². The molecule has 1 atom stereocenters. The summed E-state index contributed by atoms with van der Waals surface area (Å²) in [5, 5.41) is 6.24. The Bertz CT molecular complexity index is 439. The molecule has 1 heterocycles. The number of para-hydroxylation sites is 1. The lowest BCUT2D eigenvalue weighted by Gasteiger charge is -2.13. The first-order chi connectivity index (χ1) is 9.66. The Hall–Kier alpha value is -1.26. The summed E-state index contributed by atoms with van der Waals surface area (Å²) in [7, 11) is 0. The number of hydrogen-bond donors (Lipinski definition) is 2. The van der Waals surface area contributed by atoms with Crippen molar-refractivity contribution in [1.82, 2.24) is 10.6 Å². The number of aryl methyl sites for hydroxylation is 2.